The SMILES string of the molecule is CCc1cccc2cc(O)cc(-c3ncc4c(N5CC6CCC(C5)N6)nc(OCCN5CCC(CN6CCN(CC7CCN(c8ccc9c(c8)C(=O)N(C8CCC(=O)NC8=O)C9=O)CC7)CC6)CC5)nc4c3F)c12. The van der Waals surface area contributed by atoms with Crippen LogP contribution in [0.1, 0.15) is 84.6 Å². The third-order valence-corrected chi connectivity index (χ3v) is 17.1. The molecule has 17 nitrogen and oxygen atoms in total. The van der Waals surface area contributed by atoms with Crippen LogP contribution in [0.15, 0.2) is 54.7 Å². The van der Waals surface area contributed by atoms with E-state index in [1.807, 2.05) is 24.3 Å². The Morgan fingerprint density at radius 1 is 0.743 bits per heavy atom. The molecule has 6 saturated heterocycles. The van der Waals surface area contributed by atoms with Crippen LogP contribution in [0.5, 0.6) is 11.8 Å². The molecule has 0 aliphatic carbocycles. The maximum absolute atomic E-state index is 17.1. The van der Waals surface area contributed by atoms with Crippen LogP contribution in [0.2, 0.25) is 0 Å². The molecule has 7 aliphatic rings. The number of imide groups is 2. The molecule has 0 radical (unpaired) electrons. The standard InChI is InChI=1S/C56H66FN11O6/c1-2-36-4-3-5-37-26-41(69)28-44(48(36)37)50-49(57)51-45(29-58-50)52(67-32-38-6-7-39(33-67)59-38)62-56(61-51)74-25-24-63-16-12-34(13-17-63)30-64-20-22-65(23-21-64)31-35-14-18-66(19-15-35)40-8-9-42-43(27-40)55(73)68(54(42)72)46-10-11-47(70)60-53(46)71/h3-5,8-9,26-29,34-35,38-39,46,59,69H,2,6-7,10-25,30-33H2,1H3,(H,60,70,71). The van der Waals surface area contributed by atoms with Gasteiger partial charge in [0.05, 0.1) is 16.5 Å². The Kier molecular flexibility index (Phi) is 13.4. The van der Waals surface area contributed by atoms with Crippen LogP contribution in [-0.4, -0.2) is 173 Å². The van der Waals surface area contributed by atoms with Crippen LogP contribution >= 0.6 is 0 Å². The number of carbonyl (C=O) groups excluding carboxylic acids is 4. The molecule has 7 aliphatic heterocycles. The number of aryl methyl sites for hydroxylation is 1. The lowest BCUT2D eigenvalue weighted by Crippen LogP contribution is -2.54. The third kappa shape index (κ3) is 9.54. The molecule has 5 aromatic rings. The minimum Gasteiger partial charge on any atom is -0.508 e. The van der Waals surface area contributed by atoms with Crippen molar-refractivity contribution in [2.24, 2.45) is 11.8 Å². The average molecular weight is 1010 g/mol. The van der Waals surface area contributed by atoms with E-state index in [0.717, 1.165) is 157 Å². The molecule has 12 rings (SSSR count). The fraction of sp³-hybridized carbons (Fsp3) is 0.518. The van der Waals surface area contributed by atoms with Crippen LogP contribution in [0.4, 0.5) is 15.9 Å². The van der Waals surface area contributed by atoms with Gasteiger partial charge in [-0.1, -0.05) is 25.1 Å². The molecule has 388 valence electrons. The van der Waals surface area contributed by atoms with Gasteiger partial charge in [0, 0.05) is 108 Å². The smallest absolute Gasteiger partial charge is 0.319 e. The van der Waals surface area contributed by atoms with Gasteiger partial charge in [-0.25, -0.2) is 4.39 Å². The molecule has 9 heterocycles. The van der Waals surface area contributed by atoms with Gasteiger partial charge in [-0.15, -0.1) is 0 Å². The van der Waals surface area contributed by atoms with Gasteiger partial charge >= 0.3 is 6.01 Å². The molecule has 74 heavy (non-hydrogen) atoms. The summed E-state index contributed by atoms with van der Waals surface area (Å²) in [5.74, 6) is -0.524. The van der Waals surface area contributed by atoms with E-state index in [2.05, 4.69) is 42.1 Å². The second-order valence-corrected chi connectivity index (χ2v) is 21.8. The van der Waals surface area contributed by atoms with Gasteiger partial charge in [0.1, 0.15) is 35.4 Å². The zero-order valence-corrected chi connectivity index (χ0v) is 42.2. The Balaban J connectivity index is 0.613. The van der Waals surface area contributed by atoms with Gasteiger partial charge in [-0.2, -0.15) is 9.97 Å². The quantitative estimate of drug-likeness (QED) is 0.131. The number of rotatable bonds is 13. The van der Waals surface area contributed by atoms with E-state index in [4.69, 9.17) is 19.7 Å². The van der Waals surface area contributed by atoms with Crippen LogP contribution < -0.4 is 25.2 Å². The zero-order chi connectivity index (χ0) is 50.6. The number of pyridine rings is 1. The molecule has 0 spiro atoms. The molecular formula is C56H66FN11O6. The summed E-state index contributed by atoms with van der Waals surface area (Å²) in [6, 6.07) is 14.6. The number of anilines is 2. The number of nitrogens with zero attached hydrogens (tertiary/aromatic N) is 9. The molecule has 2 aromatic heterocycles. The van der Waals surface area contributed by atoms with Crippen molar-refractivity contribution < 1.29 is 33.4 Å². The normalized spacial score (nSPS) is 23.6. The number of fused-ring (bicyclic) bond motifs is 5. The number of halogens is 1. The number of aromatic nitrogens is 3. The van der Waals surface area contributed by atoms with Gasteiger partial charge < -0.3 is 34.8 Å². The topological polar surface area (TPSA) is 180 Å². The lowest BCUT2D eigenvalue weighted by Gasteiger charge is -2.41. The molecule has 3 N–H and O–H groups in total. The average Bonchev–Trinajstić information content (AvgIpc) is 3.88. The van der Waals surface area contributed by atoms with E-state index in [1.54, 1.807) is 30.5 Å². The summed E-state index contributed by atoms with van der Waals surface area (Å²) in [6.45, 7) is 15.0. The van der Waals surface area contributed by atoms with Crippen molar-refractivity contribution in [3.05, 3.63) is 77.2 Å². The van der Waals surface area contributed by atoms with Crippen LogP contribution in [0.3, 0.4) is 0 Å². The number of likely N-dealkylation sites (tertiary alicyclic amines) is 1. The second kappa shape index (κ2) is 20.4. The maximum atomic E-state index is 17.1. The first-order chi connectivity index (χ1) is 36.0. The summed E-state index contributed by atoms with van der Waals surface area (Å²) in [5.41, 5.74) is 3.46. The Hall–Kier alpha value is -6.34. The van der Waals surface area contributed by atoms with E-state index in [1.165, 1.54) is 0 Å². The highest BCUT2D eigenvalue weighted by molar-refractivity contribution is 6.23. The van der Waals surface area contributed by atoms with E-state index in [-0.39, 0.29) is 41.7 Å². The predicted octanol–water partition coefficient (Wildman–Crippen LogP) is 5.22. The molecule has 0 saturated carbocycles. The number of piperazine rings is 2. The predicted molar refractivity (Wildman–Crippen MR) is 279 cm³/mol. The Bertz CT molecular complexity index is 2990. The largest absolute Gasteiger partial charge is 0.508 e. The van der Waals surface area contributed by atoms with Crippen molar-refractivity contribution in [1.29, 1.82) is 0 Å². The molecule has 18 heteroatoms. The highest BCUT2D eigenvalue weighted by Crippen LogP contribution is 2.40. The number of hydrogen-bond donors (Lipinski definition) is 3. The summed E-state index contributed by atoms with van der Waals surface area (Å²) in [5, 5.41) is 19.0. The number of carbonyl (C=O) groups is 4. The number of piperidine rings is 3. The molecular weight excluding hydrogens is 942 g/mol. The highest BCUT2D eigenvalue weighted by atomic mass is 19.1. The fourth-order valence-electron chi connectivity index (χ4n) is 13.0. The van der Waals surface area contributed by atoms with Gasteiger partial charge in [0.15, 0.2) is 5.82 Å². The van der Waals surface area contributed by atoms with Crippen molar-refractivity contribution in [3.8, 4) is 23.0 Å². The molecule has 4 amide bonds. The number of hydrogen-bond acceptors (Lipinski definition) is 15. The first-order valence-electron chi connectivity index (χ1n) is 27.1. The molecule has 3 atom stereocenters. The Morgan fingerprint density at radius 3 is 2.15 bits per heavy atom. The molecule has 3 aromatic carbocycles. The monoisotopic (exact) mass is 1010 g/mol. The molecule has 6 fully saturated rings. The van der Waals surface area contributed by atoms with Gasteiger partial charge in [-0.3, -0.25) is 39.3 Å². The maximum Gasteiger partial charge on any atom is 0.319 e. The third-order valence-electron chi connectivity index (χ3n) is 17.1. The minimum atomic E-state index is -0.966. The number of nitrogens with one attached hydrogen (secondary N) is 2. The van der Waals surface area contributed by atoms with E-state index in [9.17, 15) is 24.3 Å². The summed E-state index contributed by atoms with van der Waals surface area (Å²) < 4.78 is 23.4. The van der Waals surface area contributed by atoms with Crippen molar-refractivity contribution in [2.75, 3.05) is 101 Å². The van der Waals surface area contributed by atoms with Gasteiger partial charge in [0.25, 0.3) is 11.8 Å². The molecule has 2 bridgehead atoms. The van der Waals surface area contributed by atoms with E-state index >= 15 is 4.39 Å². The number of aromatic hydroxyl groups is 1. The van der Waals surface area contributed by atoms with Crippen molar-refractivity contribution in [1.82, 2.24) is 45.2 Å². The Labute approximate surface area is 430 Å². The highest BCUT2D eigenvalue weighted by Gasteiger charge is 2.45. The van der Waals surface area contributed by atoms with Crippen molar-refractivity contribution in [3.63, 3.8) is 0 Å². The van der Waals surface area contributed by atoms with Crippen LogP contribution in [0, 0.1) is 17.7 Å². The van der Waals surface area contributed by atoms with Gasteiger partial charge in [0.2, 0.25) is 11.8 Å². The summed E-state index contributed by atoms with van der Waals surface area (Å²) in [4.78, 5) is 78.5. The summed E-state index contributed by atoms with van der Waals surface area (Å²) in [6.07, 6.45) is 9.26. The summed E-state index contributed by atoms with van der Waals surface area (Å²) >= 11 is 0. The van der Waals surface area contributed by atoms with E-state index < -0.39 is 29.6 Å². The fourth-order valence-corrected chi connectivity index (χ4v) is 13.0. The number of amides is 4. The number of benzene rings is 3. The van der Waals surface area contributed by atoms with Crippen LogP contribution in [0.25, 0.3) is 32.9 Å². The first-order valence-corrected chi connectivity index (χ1v) is 27.1. The molecule has 3 unspecified atom stereocenters. The minimum absolute atomic E-state index is 0.0532. The first kappa shape index (κ1) is 48.6. The van der Waals surface area contributed by atoms with Crippen molar-refractivity contribution >= 4 is 56.8 Å². The number of ether oxygens (including phenoxy) is 1. The Morgan fingerprint density at radius 2 is 1.45 bits per heavy atom. The van der Waals surface area contributed by atoms with E-state index in [0.29, 0.717) is 58.4 Å². The number of phenols is 1. The van der Waals surface area contributed by atoms with Gasteiger partial charge in [-0.05, 0) is 123 Å². The lowest BCUT2D eigenvalue weighted by atomic mass is 9.94. The number of phenolic OH excluding ortho intramolecular Hbond substituents is 1. The zero-order valence-electron chi connectivity index (χ0n) is 42.2. The van der Waals surface area contributed by atoms with Crippen molar-refractivity contribution in [2.45, 2.75) is 82.8 Å². The summed E-state index contributed by atoms with van der Waals surface area (Å²) in [7, 11) is 0. The van der Waals surface area contributed by atoms with Crippen LogP contribution in [-0.2, 0) is 16.0 Å². The lowest BCUT2D eigenvalue weighted by molar-refractivity contribution is -0.136. The second-order valence-electron chi connectivity index (χ2n) is 21.8.